The van der Waals surface area contributed by atoms with Gasteiger partial charge in [-0.2, -0.15) is 0 Å². The van der Waals surface area contributed by atoms with Crippen LogP contribution in [0, 0.1) is 0 Å². The molecule has 0 aliphatic carbocycles. The zero-order valence-corrected chi connectivity index (χ0v) is 15.7. The maximum Gasteiger partial charge on any atom is 0.336 e. The van der Waals surface area contributed by atoms with Gasteiger partial charge < -0.3 is 25.4 Å². The van der Waals surface area contributed by atoms with Crippen LogP contribution in [0.2, 0.25) is 0 Å². The molecule has 0 aliphatic rings. The van der Waals surface area contributed by atoms with Gasteiger partial charge in [-0.05, 0) is 42.5 Å². The van der Waals surface area contributed by atoms with E-state index >= 15 is 0 Å². The molecule has 0 saturated carbocycles. The smallest absolute Gasteiger partial charge is 0.336 e. The molecule has 0 saturated heterocycles. The Balaban J connectivity index is 1.91. The Morgan fingerprint density at radius 1 is 0.645 bits per heavy atom. The molecule has 0 fully saturated rings. The number of carbonyl (C=O) groups is 4. The maximum atomic E-state index is 12.6. The molecule has 4 N–H and O–H groups in total. The average molecular weight is 421 g/mol. The molecule has 0 aliphatic heterocycles. The van der Waals surface area contributed by atoms with Crippen molar-refractivity contribution in [3.05, 3.63) is 89.0 Å². The lowest BCUT2D eigenvalue weighted by atomic mass is 10.1. The summed E-state index contributed by atoms with van der Waals surface area (Å²) in [6.07, 6.45) is 0. The first-order valence-electron chi connectivity index (χ1n) is 8.79. The molecule has 0 atom stereocenters. The number of anilines is 1. The number of carbonyl (C=O) groups excluding carboxylic acids is 1. The summed E-state index contributed by atoms with van der Waals surface area (Å²) >= 11 is 0. The summed E-state index contributed by atoms with van der Waals surface area (Å²) in [6, 6.07) is 15.4. The molecule has 9 nitrogen and oxygen atoms in total. The summed E-state index contributed by atoms with van der Waals surface area (Å²) in [6.45, 7) is 0. The van der Waals surface area contributed by atoms with Crippen molar-refractivity contribution in [1.82, 2.24) is 0 Å². The highest BCUT2D eigenvalue weighted by atomic mass is 16.5. The molecule has 3 aromatic rings. The zero-order chi connectivity index (χ0) is 22.5. The average Bonchev–Trinajstić information content (AvgIpc) is 2.74. The third kappa shape index (κ3) is 4.67. The van der Waals surface area contributed by atoms with Crippen molar-refractivity contribution < 1.29 is 39.2 Å². The molecule has 9 heteroatoms. The van der Waals surface area contributed by atoms with Gasteiger partial charge in [-0.3, -0.25) is 4.79 Å². The van der Waals surface area contributed by atoms with E-state index in [2.05, 4.69) is 5.32 Å². The number of rotatable bonds is 7. The number of carboxylic acids is 3. The van der Waals surface area contributed by atoms with Crippen LogP contribution in [-0.2, 0) is 0 Å². The third-order valence-electron chi connectivity index (χ3n) is 4.22. The number of nitrogens with one attached hydrogen (secondary N) is 1. The SMILES string of the molecule is O=C(O)c1ccc(Oc2ccccc2NC(=O)c2ccccc2C(=O)O)cc1C(=O)O. The maximum absolute atomic E-state index is 12.6. The molecule has 1 amide bonds. The minimum atomic E-state index is -1.44. The van der Waals surface area contributed by atoms with Gasteiger partial charge in [-0.25, -0.2) is 14.4 Å². The Morgan fingerprint density at radius 3 is 1.84 bits per heavy atom. The van der Waals surface area contributed by atoms with Gasteiger partial charge in [0.05, 0.1) is 27.9 Å². The standard InChI is InChI=1S/C22H15NO8/c24-19(13-5-1-2-6-14(13)20(25)26)23-17-7-3-4-8-18(17)31-12-9-10-15(21(27)28)16(11-12)22(29)30/h1-11H,(H,23,24)(H,25,26)(H,27,28)(H,29,30). The van der Waals surface area contributed by atoms with Crippen LogP contribution in [0.4, 0.5) is 5.69 Å². The number of para-hydroxylation sites is 2. The van der Waals surface area contributed by atoms with E-state index in [0.717, 1.165) is 12.1 Å². The molecule has 0 aromatic heterocycles. The van der Waals surface area contributed by atoms with Gasteiger partial charge in [-0.1, -0.05) is 24.3 Å². The van der Waals surface area contributed by atoms with Crippen LogP contribution >= 0.6 is 0 Å². The lowest BCUT2D eigenvalue weighted by Gasteiger charge is -2.14. The number of hydrogen-bond acceptors (Lipinski definition) is 5. The van der Waals surface area contributed by atoms with E-state index in [0.29, 0.717) is 0 Å². The van der Waals surface area contributed by atoms with Crippen LogP contribution in [0.25, 0.3) is 0 Å². The molecule has 3 aromatic carbocycles. The quantitative estimate of drug-likeness (QED) is 0.449. The fraction of sp³-hybridized carbons (Fsp3) is 0. The van der Waals surface area contributed by atoms with Gasteiger partial charge in [-0.15, -0.1) is 0 Å². The Morgan fingerprint density at radius 2 is 1.19 bits per heavy atom. The summed E-state index contributed by atoms with van der Waals surface area (Å²) in [4.78, 5) is 46.5. The summed E-state index contributed by atoms with van der Waals surface area (Å²) in [5, 5.41) is 30.2. The van der Waals surface area contributed by atoms with Crippen LogP contribution in [0.5, 0.6) is 11.5 Å². The van der Waals surface area contributed by atoms with E-state index in [4.69, 9.17) is 9.84 Å². The topological polar surface area (TPSA) is 150 Å². The normalized spacial score (nSPS) is 10.2. The fourth-order valence-corrected chi connectivity index (χ4v) is 2.79. The highest BCUT2D eigenvalue weighted by Gasteiger charge is 2.19. The molecule has 0 unspecified atom stereocenters. The van der Waals surface area contributed by atoms with Crippen LogP contribution < -0.4 is 10.1 Å². The molecule has 31 heavy (non-hydrogen) atoms. The highest BCUT2D eigenvalue weighted by Crippen LogP contribution is 2.31. The predicted octanol–water partition coefficient (Wildman–Crippen LogP) is 3.83. The summed E-state index contributed by atoms with van der Waals surface area (Å²) < 4.78 is 5.66. The Kier molecular flexibility index (Phi) is 5.97. The first kappa shape index (κ1) is 21.1. The number of hydrogen-bond donors (Lipinski definition) is 4. The van der Waals surface area contributed by atoms with E-state index in [9.17, 15) is 29.4 Å². The van der Waals surface area contributed by atoms with Crippen LogP contribution in [0.15, 0.2) is 66.7 Å². The second-order valence-electron chi connectivity index (χ2n) is 6.22. The van der Waals surface area contributed by atoms with Crippen molar-refractivity contribution in [2.75, 3.05) is 5.32 Å². The summed E-state index contributed by atoms with van der Waals surface area (Å²) in [5.74, 6) is -4.59. The Hall–Kier alpha value is -4.66. The van der Waals surface area contributed by atoms with Crippen LogP contribution in [-0.4, -0.2) is 39.1 Å². The second-order valence-corrected chi connectivity index (χ2v) is 6.22. The Labute approximate surface area is 175 Å². The number of carboxylic acid groups (broad SMARTS) is 3. The summed E-state index contributed by atoms with van der Waals surface area (Å²) in [5.41, 5.74) is -0.877. The Bertz CT molecular complexity index is 1200. The van der Waals surface area contributed by atoms with Gasteiger partial charge in [0.1, 0.15) is 5.75 Å². The van der Waals surface area contributed by atoms with Crippen molar-refractivity contribution in [3.63, 3.8) is 0 Å². The minimum Gasteiger partial charge on any atom is -0.478 e. The first-order valence-corrected chi connectivity index (χ1v) is 8.79. The molecule has 0 radical (unpaired) electrons. The van der Waals surface area contributed by atoms with E-state index in [1.807, 2.05) is 0 Å². The second kappa shape index (κ2) is 8.78. The van der Waals surface area contributed by atoms with E-state index in [-0.39, 0.29) is 28.3 Å². The van der Waals surface area contributed by atoms with E-state index in [1.54, 1.807) is 12.1 Å². The summed E-state index contributed by atoms with van der Waals surface area (Å²) in [7, 11) is 0. The molecular weight excluding hydrogens is 406 g/mol. The van der Waals surface area contributed by atoms with Crippen molar-refractivity contribution in [2.45, 2.75) is 0 Å². The molecule has 3 rings (SSSR count). The molecule has 156 valence electrons. The van der Waals surface area contributed by atoms with Crippen molar-refractivity contribution in [1.29, 1.82) is 0 Å². The van der Waals surface area contributed by atoms with Crippen LogP contribution in [0.1, 0.15) is 41.4 Å². The van der Waals surface area contributed by atoms with Crippen molar-refractivity contribution in [3.8, 4) is 11.5 Å². The highest BCUT2D eigenvalue weighted by molar-refractivity contribution is 6.11. The van der Waals surface area contributed by atoms with E-state index in [1.165, 1.54) is 42.5 Å². The first-order chi connectivity index (χ1) is 14.8. The molecule has 0 bridgehead atoms. The lowest BCUT2D eigenvalue weighted by molar-refractivity contribution is 0.0651. The predicted molar refractivity (Wildman–Crippen MR) is 108 cm³/mol. The van der Waals surface area contributed by atoms with Crippen molar-refractivity contribution in [2.24, 2.45) is 0 Å². The van der Waals surface area contributed by atoms with Gasteiger partial charge in [0, 0.05) is 0 Å². The minimum absolute atomic E-state index is 0.0371. The van der Waals surface area contributed by atoms with E-state index < -0.39 is 34.9 Å². The fourth-order valence-electron chi connectivity index (χ4n) is 2.79. The number of amides is 1. The lowest BCUT2D eigenvalue weighted by Crippen LogP contribution is -2.16. The third-order valence-corrected chi connectivity index (χ3v) is 4.22. The van der Waals surface area contributed by atoms with Gasteiger partial charge in [0.15, 0.2) is 5.75 Å². The van der Waals surface area contributed by atoms with Gasteiger partial charge in [0.2, 0.25) is 0 Å². The largest absolute Gasteiger partial charge is 0.478 e. The van der Waals surface area contributed by atoms with Gasteiger partial charge in [0.25, 0.3) is 5.91 Å². The number of ether oxygens (including phenoxy) is 1. The monoisotopic (exact) mass is 421 g/mol. The molecule has 0 spiro atoms. The molecule has 0 heterocycles. The zero-order valence-electron chi connectivity index (χ0n) is 15.7. The number of aromatic carboxylic acids is 3. The number of benzene rings is 3. The van der Waals surface area contributed by atoms with Crippen molar-refractivity contribution >= 4 is 29.5 Å². The van der Waals surface area contributed by atoms with Gasteiger partial charge >= 0.3 is 17.9 Å². The molecular formula is C22H15NO8. The van der Waals surface area contributed by atoms with Crippen LogP contribution in [0.3, 0.4) is 0 Å².